The average molecular weight is 440 g/mol. The van der Waals surface area contributed by atoms with Gasteiger partial charge in [-0.25, -0.2) is 4.79 Å². The van der Waals surface area contributed by atoms with Gasteiger partial charge in [0, 0.05) is 6.42 Å². The van der Waals surface area contributed by atoms with Gasteiger partial charge in [0.2, 0.25) is 11.5 Å². The Morgan fingerprint density at radius 3 is 2.21 bits per heavy atom. The summed E-state index contributed by atoms with van der Waals surface area (Å²) in [5.74, 6) is 0.0939. The normalized spacial score (nSPS) is 21.9. The first kappa shape index (κ1) is 21.0. The van der Waals surface area contributed by atoms with Crippen molar-refractivity contribution in [2.24, 2.45) is 5.92 Å². The molecule has 0 amide bonds. The Kier molecular flexibility index (Phi) is 5.94. The number of rotatable bonds is 5. The van der Waals surface area contributed by atoms with Crippen LogP contribution in [0.5, 0.6) is 5.75 Å². The number of Topliss-reactive ketones (excluding diaryl/α,β-unsaturated/α-hetero) is 1. The summed E-state index contributed by atoms with van der Waals surface area (Å²) in [6.07, 6.45) is 2.51. The lowest BCUT2D eigenvalue weighted by molar-refractivity contribution is -0.132. The van der Waals surface area contributed by atoms with Gasteiger partial charge in [-0.3, -0.25) is 4.79 Å². The van der Waals surface area contributed by atoms with E-state index in [1.807, 2.05) is 60.7 Å². The van der Waals surface area contributed by atoms with Crippen molar-refractivity contribution < 1.29 is 23.8 Å². The summed E-state index contributed by atoms with van der Waals surface area (Å²) in [7, 11) is 0. The van der Waals surface area contributed by atoms with E-state index in [0.717, 1.165) is 11.1 Å². The van der Waals surface area contributed by atoms with E-state index >= 15 is 0 Å². The van der Waals surface area contributed by atoms with Crippen LogP contribution in [0.1, 0.15) is 29.6 Å². The molecular formula is C28H24O5. The number of allylic oxidation sites excluding steroid dienone is 1. The zero-order chi connectivity index (χ0) is 22.6. The Morgan fingerprint density at radius 2 is 1.48 bits per heavy atom. The van der Waals surface area contributed by atoms with Gasteiger partial charge in [0.25, 0.3) is 0 Å². The molecule has 5 rings (SSSR count). The molecule has 0 saturated heterocycles. The molecule has 33 heavy (non-hydrogen) atoms. The summed E-state index contributed by atoms with van der Waals surface area (Å²) in [4.78, 5) is 25.4. The summed E-state index contributed by atoms with van der Waals surface area (Å²) in [5.41, 5.74) is 2.72. The summed E-state index contributed by atoms with van der Waals surface area (Å²) < 4.78 is 17.4. The fourth-order valence-corrected chi connectivity index (χ4v) is 4.38. The zero-order valence-electron chi connectivity index (χ0n) is 18.1. The molecule has 1 fully saturated rings. The van der Waals surface area contributed by atoms with Crippen LogP contribution in [-0.4, -0.2) is 24.0 Å². The molecule has 0 radical (unpaired) electrons. The van der Waals surface area contributed by atoms with Crippen LogP contribution in [0, 0.1) is 5.92 Å². The molecule has 3 aromatic rings. The fraction of sp³-hybridized carbons (Fsp3) is 0.214. The third kappa shape index (κ3) is 4.67. The summed E-state index contributed by atoms with van der Waals surface area (Å²) >= 11 is 0. The van der Waals surface area contributed by atoms with Gasteiger partial charge in [-0.2, -0.15) is 0 Å². The topological polar surface area (TPSA) is 61.8 Å². The number of benzene rings is 3. The van der Waals surface area contributed by atoms with Gasteiger partial charge in [-0.1, -0.05) is 60.7 Å². The molecule has 1 aliphatic carbocycles. The van der Waals surface area contributed by atoms with E-state index in [-0.39, 0.29) is 35.6 Å². The predicted octanol–water partition coefficient (Wildman–Crippen LogP) is 5.57. The lowest BCUT2D eigenvalue weighted by atomic mass is 9.80. The Labute approximate surface area is 192 Å². The van der Waals surface area contributed by atoms with Crippen molar-refractivity contribution in [1.29, 1.82) is 0 Å². The van der Waals surface area contributed by atoms with Crippen LogP contribution in [-0.2, 0) is 14.3 Å². The van der Waals surface area contributed by atoms with Crippen LogP contribution in [0.2, 0.25) is 0 Å². The second kappa shape index (κ2) is 9.33. The maximum atomic E-state index is 13.0. The fourth-order valence-electron chi connectivity index (χ4n) is 4.38. The van der Waals surface area contributed by atoms with Gasteiger partial charge in [-0.05, 0) is 48.2 Å². The van der Waals surface area contributed by atoms with Crippen LogP contribution in [0.25, 0.3) is 11.1 Å². The number of carbonyl (C=O) groups excluding carboxylic acids is 2. The molecule has 1 aliphatic heterocycles. The highest BCUT2D eigenvalue weighted by Crippen LogP contribution is 2.35. The minimum absolute atomic E-state index is 0.0637. The first-order valence-corrected chi connectivity index (χ1v) is 11.2. The summed E-state index contributed by atoms with van der Waals surface area (Å²) in [5, 5.41) is 0. The van der Waals surface area contributed by atoms with Crippen molar-refractivity contribution in [3.8, 4) is 16.9 Å². The van der Waals surface area contributed by atoms with Crippen molar-refractivity contribution in [3.63, 3.8) is 0 Å². The van der Waals surface area contributed by atoms with Gasteiger partial charge < -0.3 is 14.2 Å². The second-order valence-corrected chi connectivity index (χ2v) is 8.33. The molecule has 3 aromatic carbocycles. The van der Waals surface area contributed by atoms with Crippen LogP contribution in [0.4, 0.5) is 0 Å². The van der Waals surface area contributed by atoms with E-state index in [9.17, 15) is 9.59 Å². The maximum absolute atomic E-state index is 13.0. The molecule has 0 bridgehead atoms. The Morgan fingerprint density at radius 1 is 0.818 bits per heavy atom. The van der Waals surface area contributed by atoms with Crippen molar-refractivity contribution in [1.82, 2.24) is 0 Å². The molecule has 3 unspecified atom stereocenters. The highest BCUT2D eigenvalue weighted by Gasteiger charge is 2.42. The second-order valence-electron chi connectivity index (χ2n) is 8.33. The third-order valence-electron chi connectivity index (χ3n) is 6.15. The first-order valence-electron chi connectivity index (χ1n) is 11.2. The molecular weight excluding hydrogens is 416 g/mol. The Hall–Kier alpha value is -3.86. The molecule has 3 atom stereocenters. The van der Waals surface area contributed by atoms with E-state index in [4.69, 9.17) is 14.2 Å². The summed E-state index contributed by atoms with van der Waals surface area (Å²) in [6.45, 7) is 0. The van der Waals surface area contributed by atoms with Crippen molar-refractivity contribution in [2.45, 2.75) is 31.5 Å². The quantitative estimate of drug-likeness (QED) is 0.486. The van der Waals surface area contributed by atoms with Crippen molar-refractivity contribution >= 4 is 11.8 Å². The van der Waals surface area contributed by atoms with E-state index in [2.05, 4.69) is 0 Å². The minimum atomic E-state index is -0.347. The number of esters is 1. The van der Waals surface area contributed by atoms with Gasteiger partial charge in [0.1, 0.15) is 24.2 Å². The standard InChI is InChI=1S/C28H24O5/c29-27-24-16-15-23(33-28(30)21-9-5-2-6-10-21)17-25(24)31-18-26(27)32-22-13-11-20(12-14-22)19-7-3-1-4-8-19/h1-14,18,23-25H,15-17H2. The third-order valence-corrected chi connectivity index (χ3v) is 6.15. The summed E-state index contributed by atoms with van der Waals surface area (Å²) in [6, 6.07) is 26.6. The SMILES string of the molecule is O=C(OC1CCC2C(=O)C(Oc3ccc(-c4ccccc4)cc3)=COC2C1)c1ccccc1. The highest BCUT2D eigenvalue weighted by atomic mass is 16.6. The minimum Gasteiger partial charge on any atom is -0.493 e. The van der Waals surface area contributed by atoms with Gasteiger partial charge in [0.15, 0.2) is 0 Å². The van der Waals surface area contributed by atoms with E-state index in [0.29, 0.717) is 30.6 Å². The van der Waals surface area contributed by atoms with Crippen LogP contribution < -0.4 is 4.74 Å². The number of hydrogen-bond donors (Lipinski definition) is 0. The van der Waals surface area contributed by atoms with Gasteiger partial charge >= 0.3 is 5.97 Å². The van der Waals surface area contributed by atoms with Crippen LogP contribution in [0.15, 0.2) is 97.0 Å². The predicted molar refractivity (Wildman–Crippen MR) is 123 cm³/mol. The Bertz CT molecular complexity index is 1150. The van der Waals surface area contributed by atoms with Crippen molar-refractivity contribution in [2.75, 3.05) is 0 Å². The Balaban J connectivity index is 1.21. The molecule has 1 saturated carbocycles. The van der Waals surface area contributed by atoms with Gasteiger partial charge in [-0.15, -0.1) is 0 Å². The smallest absolute Gasteiger partial charge is 0.338 e. The zero-order valence-corrected chi connectivity index (χ0v) is 18.1. The number of fused-ring (bicyclic) bond motifs is 1. The lowest BCUT2D eigenvalue weighted by Gasteiger charge is -2.36. The van der Waals surface area contributed by atoms with Gasteiger partial charge in [0.05, 0.1) is 11.5 Å². The number of ether oxygens (including phenoxy) is 3. The maximum Gasteiger partial charge on any atom is 0.338 e. The lowest BCUT2D eigenvalue weighted by Crippen LogP contribution is -2.43. The molecule has 0 N–H and O–H groups in total. The van der Waals surface area contributed by atoms with Crippen LogP contribution in [0.3, 0.4) is 0 Å². The van der Waals surface area contributed by atoms with E-state index in [1.165, 1.54) is 6.26 Å². The van der Waals surface area contributed by atoms with E-state index < -0.39 is 0 Å². The molecule has 0 spiro atoms. The molecule has 5 heteroatoms. The molecule has 2 aliphatic rings. The molecule has 5 nitrogen and oxygen atoms in total. The molecule has 1 heterocycles. The number of carbonyl (C=O) groups is 2. The molecule has 166 valence electrons. The molecule has 0 aromatic heterocycles. The van der Waals surface area contributed by atoms with Crippen LogP contribution >= 0.6 is 0 Å². The van der Waals surface area contributed by atoms with Crippen molar-refractivity contribution in [3.05, 3.63) is 103 Å². The van der Waals surface area contributed by atoms with E-state index in [1.54, 1.807) is 24.3 Å². The highest BCUT2D eigenvalue weighted by molar-refractivity contribution is 5.96. The number of hydrogen-bond acceptors (Lipinski definition) is 5. The monoisotopic (exact) mass is 440 g/mol. The largest absolute Gasteiger partial charge is 0.493 e. The number of ketones is 1. The first-order chi connectivity index (χ1) is 16.2. The average Bonchev–Trinajstić information content (AvgIpc) is 2.87.